The maximum absolute atomic E-state index is 10.6. The van der Waals surface area contributed by atoms with E-state index >= 15 is 0 Å². The molecule has 4 N–H and O–H groups in total. The molecule has 2 aliphatic carbocycles. The molecule has 166 valence electrons. The lowest BCUT2D eigenvalue weighted by molar-refractivity contribution is 0.140. The van der Waals surface area contributed by atoms with E-state index < -0.39 is 6.10 Å². The van der Waals surface area contributed by atoms with Gasteiger partial charge in [0.2, 0.25) is 0 Å². The molecule has 1 saturated carbocycles. The largest absolute Gasteiger partial charge is 0.395 e. The third-order valence-corrected chi connectivity index (χ3v) is 6.67. The molecule has 0 bridgehead atoms. The molecule has 0 aromatic heterocycles. The Morgan fingerprint density at radius 1 is 1.20 bits per heavy atom. The Hall–Kier alpha value is -1.46. The zero-order valence-electron chi connectivity index (χ0n) is 18.3. The van der Waals surface area contributed by atoms with E-state index in [1.165, 1.54) is 18.4 Å². The number of benzene rings is 1. The van der Waals surface area contributed by atoms with Crippen LogP contribution in [0.4, 0.5) is 0 Å². The van der Waals surface area contributed by atoms with Crippen LogP contribution in [0.2, 0.25) is 0 Å². The van der Waals surface area contributed by atoms with Crippen LogP contribution >= 0.6 is 0 Å². The average Bonchev–Trinajstić information content (AvgIpc) is 3.22. The van der Waals surface area contributed by atoms with Crippen LogP contribution in [-0.2, 0) is 6.42 Å². The SMILES string of the molecule is Cc1cccc(C[C@@H](O)C=C[C@@H]2[C@H]3CC(CCCCCNCCO)=C[C@H]3C[C@H]2O)c1. The van der Waals surface area contributed by atoms with Gasteiger partial charge in [-0.3, -0.25) is 0 Å². The van der Waals surface area contributed by atoms with Gasteiger partial charge in [0.25, 0.3) is 0 Å². The third kappa shape index (κ3) is 6.78. The van der Waals surface area contributed by atoms with Crippen molar-refractivity contribution >= 4 is 0 Å². The van der Waals surface area contributed by atoms with Crippen LogP contribution in [0, 0.1) is 24.7 Å². The summed E-state index contributed by atoms with van der Waals surface area (Å²) in [5, 5.41) is 33.0. The van der Waals surface area contributed by atoms with Crippen molar-refractivity contribution in [1.82, 2.24) is 5.32 Å². The molecule has 30 heavy (non-hydrogen) atoms. The summed E-state index contributed by atoms with van der Waals surface area (Å²) in [4.78, 5) is 0. The van der Waals surface area contributed by atoms with Crippen LogP contribution < -0.4 is 5.32 Å². The smallest absolute Gasteiger partial charge is 0.0761 e. The molecule has 0 radical (unpaired) electrons. The molecule has 0 spiro atoms. The van der Waals surface area contributed by atoms with E-state index in [4.69, 9.17) is 5.11 Å². The highest BCUT2D eigenvalue weighted by Gasteiger charge is 2.43. The number of fused-ring (bicyclic) bond motifs is 1. The molecule has 1 aromatic carbocycles. The van der Waals surface area contributed by atoms with Crippen LogP contribution in [0.5, 0.6) is 0 Å². The number of hydrogen-bond acceptors (Lipinski definition) is 4. The first-order valence-corrected chi connectivity index (χ1v) is 11.7. The van der Waals surface area contributed by atoms with Crippen molar-refractivity contribution in [3.63, 3.8) is 0 Å². The van der Waals surface area contributed by atoms with Gasteiger partial charge in [-0.05, 0) is 63.0 Å². The van der Waals surface area contributed by atoms with E-state index in [-0.39, 0.29) is 18.6 Å². The first-order chi connectivity index (χ1) is 14.6. The number of aryl methyl sites for hydroxylation is 1. The van der Waals surface area contributed by atoms with Gasteiger partial charge in [0.1, 0.15) is 0 Å². The predicted molar refractivity (Wildman–Crippen MR) is 122 cm³/mol. The van der Waals surface area contributed by atoms with E-state index in [1.807, 2.05) is 12.1 Å². The van der Waals surface area contributed by atoms with Crippen molar-refractivity contribution in [3.05, 3.63) is 59.2 Å². The topological polar surface area (TPSA) is 72.7 Å². The molecule has 3 rings (SSSR count). The fraction of sp³-hybridized carbons (Fsp3) is 0.615. The highest BCUT2D eigenvalue weighted by atomic mass is 16.3. The molecule has 4 heteroatoms. The summed E-state index contributed by atoms with van der Waals surface area (Å²) < 4.78 is 0. The van der Waals surface area contributed by atoms with Crippen molar-refractivity contribution in [2.45, 2.75) is 64.1 Å². The van der Waals surface area contributed by atoms with Gasteiger partial charge < -0.3 is 20.6 Å². The second kappa shape index (κ2) is 11.8. The number of aliphatic hydroxyl groups excluding tert-OH is 3. The van der Waals surface area contributed by atoms with E-state index in [0.29, 0.717) is 24.8 Å². The first kappa shape index (κ1) is 23.2. The summed E-state index contributed by atoms with van der Waals surface area (Å²) in [7, 11) is 0. The number of unbranched alkanes of at least 4 members (excludes halogenated alkanes) is 2. The Balaban J connectivity index is 1.42. The standard InChI is InChI=1S/C26H39NO3/c1-19-6-5-8-20(14-19)16-23(29)9-10-24-25-17-21(15-22(25)18-26(24)30)7-3-2-4-11-27-12-13-28/h5-6,8-10,14-15,22-30H,2-4,7,11-13,16-18H2,1H3/t22-,23-,24+,25-,26+/m0/s1. The van der Waals surface area contributed by atoms with Gasteiger partial charge in [-0.15, -0.1) is 0 Å². The van der Waals surface area contributed by atoms with Gasteiger partial charge >= 0.3 is 0 Å². The van der Waals surface area contributed by atoms with E-state index in [9.17, 15) is 10.2 Å². The summed E-state index contributed by atoms with van der Waals surface area (Å²) >= 11 is 0. The second-order valence-electron chi connectivity index (χ2n) is 9.17. The lowest BCUT2D eigenvalue weighted by Crippen LogP contribution is -2.19. The Morgan fingerprint density at radius 2 is 2.07 bits per heavy atom. The van der Waals surface area contributed by atoms with Gasteiger partial charge in [0.15, 0.2) is 0 Å². The van der Waals surface area contributed by atoms with Gasteiger partial charge in [-0.1, -0.05) is 60.1 Å². The van der Waals surface area contributed by atoms with E-state index in [0.717, 1.165) is 37.8 Å². The molecule has 4 nitrogen and oxygen atoms in total. The maximum Gasteiger partial charge on any atom is 0.0761 e. The second-order valence-corrected chi connectivity index (χ2v) is 9.17. The molecule has 1 aromatic rings. The average molecular weight is 414 g/mol. The fourth-order valence-electron chi connectivity index (χ4n) is 5.18. The summed E-state index contributed by atoms with van der Waals surface area (Å²) in [6.45, 7) is 3.94. The molecule has 0 amide bonds. The number of nitrogens with one attached hydrogen (secondary N) is 1. The van der Waals surface area contributed by atoms with Crippen molar-refractivity contribution in [2.24, 2.45) is 17.8 Å². The monoisotopic (exact) mass is 413 g/mol. The Morgan fingerprint density at radius 3 is 2.87 bits per heavy atom. The van der Waals surface area contributed by atoms with E-state index in [2.05, 4.69) is 42.6 Å². The summed E-state index contributed by atoms with van der Waals surface area (Å²) in [5.41, 5.74) is 3.91. The van der Waals surface area contributed by atoms with Crippen molar-refractivity contribution in [1.29, 1.82) is 0 Å². The van der Waals surface area contributed by atoms with E-state index in [1.54, 1.807) is 5.57 Å². The first-order valence-electron chi connectivity index (χ1n) is 11.7. The summed E-state index contributed by atoms with van der Waals surface area (Å²) in [5.74, 6) is 1.13. The Kier molecular flexibility index (Phi) is 9.13. The zero-order valence-corrected chi connectivity index (χ0v) is 18.3. The number of allylic oxidation sites excluding steroid dienone is 2. The molecule has 5 atom stereocenters. The lowest BCUT2D eigenvalue weighted by atomic mass is 9.88. The summed E-state index contributed by atoms with van der Waals surface area (Å²) in [6, 6.07) is 8.27. The van der Waals surface area contributed by atoms with Gasteiger partial charge in [0, 0.05) is 18.9 Å². The molecule has 0 aliphatic heterocycles. The Bertz CT molecular complexity index is 714. The van der Waals surface area contributed by atoms with Crippen LogP contribution in [0.15, 0.2) is 48.1 Å². The van der Waals surface area contributed by atoms with Crippen molar-refractivity contribution in [2.75, 3.05) is 19.7 Å². The minimum atomic E-state index is -0.508. The minimum Gasteiger partial charge on any atom is -0.395 e. The van der Waals surface area contributed by atoms with Crippen LogP contribution in [0.25, 0.3) is 0 Å². The molecular weight excluding hydrogens is 374 g/mol. The molecule has 1 fully saturated rings. The fourth-order valence-corrected chi connectivity index (χ4v) is 5.18. The van der Waals surface area contributed by atoms with Crippen LogP contribution in [0.3, 0.4) is 0 Å². The highest BCUT2D eigenvalue weighted by molar-refractivity contribution is 5.24. The lowest BCUT2D eigenvalue weighted by Gasteiger charge is -2.19. The number of aliphatic hydroxyl groups is 3. The minimum absolute atomic E-state index is 0.151. The van der Waals surface area contributed by atoms with Crippen molar-refractivity contribution < 1.29 is 15.3 Å². The van der Waals surface area contributed by atoms with Gasteiger partial charge in [-0.25, -0.2) is 0 Å². The number of hydrogen-bond donors (Lipinski definition) is 4. The van der Waals surface area contributed by atoms with Crippen LogP contribution in [0.1, 0.15) is 49.7 Å². The molecule has 0 heterocycles. The normalized spacial score (nSPS) is 26.9. The zero-order chi connectivity index (χ0) is 21.3. The van der Waals surface area contributed by atoms with Gasteiger partial charge in [0.05, 0.1) is 18.8 Å². The molecular formula is C26H39NO3. The molecule has 2 aliphatic rings. The number of rotatable bonds is 12. The Labute approximate surface area is 181 Å². The quantitative estimate of drug-likeness (QED) is 0.312. The van der Waals surface area contributed by atoms with Gasteiger partial charge in [-0.2, -0.15) is 0 Å². The third-order valence-electron chi connectivity index (χ3n) is 6.67. The molecule has 0 unspecified atom stereocenters. The molecule has 0 saturated heterocycles. The summed E-state index contributed by atoms with van der Waals surface area (Å²) in [6.07, 6.45) is 12.9. The highest BCUT2D eigenvalue weighted by Crippen LogP contribution is 2.48. The predicted octanol–water partition coefficient (Wildman–Crippen LogP) is 3.54. The van der Waals surface area contributed by atoms with Crippen LogP contribution in [-0.4, -0.2) is 47.2 Å². The van der Waals surface area contributed by atoms with Crippen molar-refractivity contribution in [3.8, 4) is 0 Å². The maximum atomic E-state index is 10.6.